The molecule has 3 heteroatoms. The number of aliphatic hydroxyl groups is 1. The zero-order chi connectivity index (χ0) is 12.2. The smallest absolute Gasteiger partial charge is 0.248 e. The summed E-state index contributed by atoms with van der Waals surface area (Å²) in [5.41, 5.74) is 0.144. The SMILES string of the molecule is CC(O)C(=O)NCC(C)(C)C1CCCCC1. The minimum absolute atomic E-state index is 0.144. The molecule has 3 nitrogen and oxygen atoms in total. The molecular weight excluding hydrogens is 202 g/mol. The maximum absolute atomic E-state index is 11.3. The van der Waals surface area contributed by atoms with E-state index in [1.54, 1.807) is 0 Å². The third-order valence-corrected chi connectivity index (χ3v) is 3.81. The van der Waals surface area contributed by atoms with Crippen molar-refractivity contribution in [2.24, 2.45) is 11.3 Å². The molecule has 1 fully saturated rings. The summed E-state index contributed by atoms with van der Waals surface area (Å²) in [6, 6.07) is 0. The van der Waals surface area contributed by atoms with Gasteiger partial charge in [-0.05, 0) is 31.1 Å². The standard InChI is InChI=1S/C13H25NO2/c1-10(15)12(16)14-9-13(2,3)11-7-5-4-6-8-11/h10-11,15H,4-9H2,1-3H3,(H,14,16). The van der Waals surface area contributed by atoms with E-state index in [9.17, 15) is 4.79 Å². The third kappa shape index (κ3) is 3.78. The lowest BCUT2D eigenvalue weighted by atomic mass is 9.71. The van der Waals surface area contributed by atoms with Crippen LogP contribution in [0.3, 0.4) is 0 Å². The highest BCUT2D eigenvalue weighted by Crippen LogP contribution is 2.37. The Balaban J connectivity index is 2.40. The predicted octanol–water partition coefficient (Wildman–Crippen LogP) is 2.09. The van der Waals surface area contributed by atoms with Crippen molar-refractivity contribution in [3.8, 4) is 0 Å². The molecule has 1 aliphatic rings. The Kier molecular flexibility index (Phi) is 4.78. The van der Waals surface area contributed by atoms with E-state index in [1.807, 2.05) is 0 Å². The van der Waals surface area contributed by atoms with Gasteiger partial charge in [0.2, 0.25) is 5.91 Å². The molecular formula is C13H25NO2. The minimum Gasteiger partial charge on any atom is -0.384 e. The summed E-state index contributed by atoms with van der Waals surface area (Å²) < 4.78 is 0. The van der Waals surface area contributed by atoms with Gasteiger partial charge in [0.05, 0.1) is 0 Å². The minimum atomic E-state index is -0.901. The summed E-state index contributed by atoms with van der Waals surface area (Å²) >= 11 is 0. The molecule has 0 spiro atoms. The number of carbonyl (C=O) groups is 1. The summed E-state index contributed by atoms with van der Waals surface area (Å²) in [7, 11) is 0. The van der Waals surface area contributed by atoms with Crippen molar-refractivity contribution in [2.45, 2.75) is 59.0 Å². The molecule has 16 heavy (non-hydrogen) atoms. The first-order chi connectivity index (χ1) is 7.43. The van der Waals surface area contributed by atoms with Gasteiger partial charge in [-0.1, -0.05) is 33.1 Å². The fourth-order valence-corrected chi connectivity index (χ4v) is 2.49. The highest BCUT2D eigenvalue weighted by Gasteiger charge is 2.31. The quantitative estimate of drug-likeness (QED) is 0.772. The van der Waals surface area contributed by atoms with Crippen LogP contribution in [-0.4, -0.2) is 23.7 Å². The summed E-state index contributed by atoms with van der Waals surface area (Å²) in [5.74, 6) is 0.444. The number of aliphatic hydroxyl groups excluding tert-OH is 1. The first kappa shape index (κ1) is 13.5. The topological polar surface area (TPSA) is 49.3 Å². The fourth-order valence-electron chi connectivity index (χ4n) is 2.49. The van der Waals surface area contributed by atoms with E-state index >= 15 is 0 Å². The monoisotopic (exact) mass is 227 g/mol. The molecule has 0 aromatic carbocycles. The second-order valence-corrected chi connectivity index (χ2v) is 5.72. The molecule has 0 bridgehead atoms. The molecule has 1 rings (SSSR count). The first-order valence-corrected chi connectivity index (χ1v) is 6.39. The third-order valence-electron chi connectivity index (χ3n) is 3.81. The summed E-state index contributed by atoms with van der Waals surface area (Å²) in [4.78, 5) is 11.3. The van der Waals surface area contributed by atoms with E-state index in [2.05, 4.69) is 19.2 Å². The average molecular weight is 227 g/mol. The molecule has 2 N–H and O–H groups in total. The number of hydrogen-bond acceptors (Lipinski definition) is 2. The van der Waals surface area contributed by atoms with Gasteiger partial charge in [0, 0.05) is 6.54 Å². The maximum Gasteiger partial charge on any atom is 0.248 e. The molecule has 0 aliphatic heterocycles. The molecule has 0 heterocycles. The van der Waals surface area contributed by atoms with Gasteiger partial charge in [-0.2, -0.15) is 0 Å². The molecule has 0 saturated heterocycles. The Morgan fingerprint density at radius 3 is 2.44 bits per heavy atom. The van der Waals surface area contributed by atoms with E-state index in [0.717, 1.165) is 0 Å². The number of rotatable bonds is 4. The van der Waals surface area contributed by atoms with Crippen LogP contribution < -0.4 is 5.32 Å². The Morgan fingerprint density at radius 1 is 1.38 bits per heavy atom. The van der Waals surface area contributed by atoms with Crippen LogP contribution in [0.25, 0.3) is 0 Å². The number of amides is 1. The molecule has 0 aromatic rings. The van der Waals surface area contributed by atoms with Crippen molar-refractivity contribution in [3.05, 3.63) is 0 Å². The predicted molar refractivity (Wildman–Crippen MR) is 65.0 cm³/mol. The van der Waals surface area contributed by atoms with Gasteiger partial charge in [-0.25, -0.2) is 0 Å². The molecule has 0 aromatic heterocycles. The van der Waals surface area contributed by atoms with Gasteiger partial charge < -0.3 is 10.4 Å². The lowest BCUT2D eigenvalue weighted by Gasteiger charge is -2.37. The fraction of sp³-hybridized carbons (Fsp3) is 0.923. The lowest BCUT2D eigenvalue weighted by molar-refractivity contribution is -0.129. The van der Waals surface area contributed by atoms with Gasteiger partial charge in [-0.3, -0.25) is 4.79 Å². The van der Waals surface area contributed by atoms with Gasteiger partial charge >= 0.3 is 0 Å². The van der Waals surface area contributed by atoms with Gasteiger partial charge in [0.25, 0.3) is 0 Å². The van der Waals surface area contributed by atoms with Crippen LogP contribution >= 0.6 is 0 Å². The van der Waals surface area contributed by atoms with Crippen molar-refractivity contribution in [3.63, 3.8) is 0 Å². The molecule has 1 unspecified atom stereocenters. The molecule has 1 saturated carbocycles. The van der Waals surface area contributed by atoms with Crippen molar-refractivity contribution in [1.29, 1.82) is 0 Å². The van der Waals surface area contributed by atoms with E-state index in [0.29, 0.717) is 12.5 Å². The highest BCUT2D eigenvalue weighted by atomic mass is 16.3. The van der Waals surface area contributed by atoms with Crippen molar-refractivity contribution in [2.75, 3.05) is 6.54 Å². The van der Waals surface area contributed by atoms with Crippen LogP contribution in [0, 0.1) is 11.3 Å². The first-order valence-electron chi connectivity index (χ1n) is 6.39. The molecule has 1 atom stereocenters. The van der Waals surface area contributed by atoms with Crippen molar-refractivity contribution in [1.82, 2.24) is 5.32 Å². The zero-order valence-corrected chi connectivity index (χ0v) is 10.8. The van der Waals surface area contributed by atoms with Crippen molar-refractivity contribution >= 4 is 5.91 Å². The van der Waals surface area contributed by atoms with Gasteiger partial charge in [0.15, 0.2) is 0 Å². The number of carbonyl (C=O) groups excluding carboxylic acids is 1. The van der Waals surface area contributed by atoms with E-state index in [4.69, 9.17) is 5.11 Å². The second kappa shape index (κ2) is 5.67. The highest BCUT2D eigenvalue weighted by molar-refractivity contribution is 5.79. The Morgan fingerprint density at radius 2 is 1.94 bits per heavy atom. The van der Waals surface area contributed by atoms with E-state index in [1.165, 1.54) is 39.0 Å². The van der Waals surface area contributed by atoms with Crippen LogP contribution in [0.15, 0.2) is 0 Å². The van der Waals surface area contributed by atoms with Crippen LogP contribution in [0.5, 0.6) is 0 Å². The van der Waals surface area contributed by atoms with Crippen LogP contribution in [0.1, 0.15) is 52.9 Å². The van der Waals surface area contributed by atoms with Gasteiger partial charge in [0.1, 0.15) is 6.10 Å². The number of hydrogen-bond donors (Lipinski definition) is 2. The van der Waals surface area contributed by atoms with Crippen LogP contribution in [-0.2, 0) is 4.79 Å². The molecule has 1 aliphatic carbocycles. The van der Waals surface area contributed by atoms with Crippen molar-refractivity contribution < 1.29 is 9.90 Å². The second-order valence-electron chi connectivity index (χ2n) is 5.72. The zero-order valence-electron chi connectivity index (χ0n) is 10.8. The Labute approximate surface area is 98.6 Å². The summed E-state index contributed by atoms with van der Waals surface area (Å²) in [5, 5.41) is 11.9. The largest absolute Gasteiger partial charge is 0.384 e. The van der Waals surface area contributed by atoms with E-state index in [-0.39, 0.29) is 11.3 Å². The Bertz CT molecular complexity index is 230. The average Bonchev–Trinajstić information content (AvgIpc) is 2.27. The van der Waals surface area contributed by atoms with E-state index < -0.39 is 6.10 Å². The van der Waals surface area contributed by atoms with Crippen LogP contribution in [0.2, 0.25) is 0 Å². The van der Waals surface area contributed by atoms with Gasteiger partial charge in [-0.15, -0.1) is 0 Å². The van der Waals surface area contributed by atoms with Crippen LogP contribution in [0.4, 0.5) is 0 Å². The molecule has 0 radical (unpaired) electrons. The number of nitrogens with one attached hydrogen (secondary N) is 1. The maximum atomic E-state index is 11.3. The molecule has 1 amide bonds. The summed E-state index contributed by atoms with van der Waals surface area (Å²) in [6.45, 7) is 6.60. The normalized spacial score (nSPS) is 20.5. The lowest BCUT2D eigenvalue weighted by Crippen LogP contribution is -2.42. The summed E-state index contributed by atoms with van der Waals surface area (Å²) in [6.07, 6.45) is 5.64. The Hall–Kier alpha value is -0.570. The molecule has 94 valence electrons.